The molecule has 2 heterocycles. The van der Waals surface area contributed by atoms with Crippen LogP contribution in [0.4, 0.5) is 5.69 Å². The summed E-state index contributed by atoms with van der Waals surface area (Å²) in [5.74, 6) is 1.94. The molecule has 1 aromatic heterocycles. The molecular weight excluding hydrogens is 532 g/mol. The molecule has 5 rings (SSSR count). The van der Waals surface area contributed by atoms with Gasteiger partial charge in [0.2, 0.25) is 17.6 Å². The average molecular weight is 561 g/mol. The van der Waals surface area contributed by atoms with Crippen molar-refractivity contribution in [1.29, 1.82) is 0 Å². The summed E-state index contributed by atoms with van der Waals surface area (Å²) in [5.41, 5.74) is 2.91. The largest absolute Gasteiger partial charge is 0.493 e. The molecular formula is C29H29BrN4O3. The van der Waals surface area contributed by atoms with Crippen LogP contribution >= 0.6 is 15.9 Å². The van der Waals surface area contributed by atoms with Crippen LogP contribution in [0.15, 0.2) is 87.9 Å². The maximum absolute atomic E-state index is 12.9. The fraction of sp³-hybridized carbons (Fsp3) is 0.276. The van der Waals surface area contributed by atoms with Gasteiger partial charge < -0.3 is 14.6 Å². The number of anilines is 1. The highest BCUT2D eigenvalue weighted by Crippen LogP contribution is 2.24. The van der Waals surface area contributed by atoms with Crippen molar-refractivity contribution in [2.24, 2.45) is 5.92 Å². The van der Waals surface area contributed by atoms with Crippen LogP contribution in [0.3, 0.4) is 0 Å². The van der Waals surface area contributed by atoms with Crippen molar-refractivity contribution in [3.05, 3.63) is 94.8 Å². The zero-order valence-electron chi connectivity index (χ0n) is 20.5. The van der Waals surface area contributed by atoms with Gasteiger partial charge in [-0.1, -0.05) is 69.6 Å². The Hall–Kier alpha value is -3.49. The van der Waals surface area contributed by atoms with E-state index in [1.54, 1.807) is 0 Å². The van der Waals surface area contributed by atoms with Gasteiger partial charge in [-0.05, 0) is 55.8 Å². The number of carbonyl (C=O) groups excluding carboxylic acids is 1. The topological polar surface area (TPSA) is 80.5 Å². The molecule has 37 heavy (non-hydrogen) atoms. The van der Waals surface area contributed by atoms with Gasteiger partial charge in [0.15, 0.2) is 0 Å². The standard InChI is InChI=1S/C29H29BrN4O3/c30-24-9-4-8-23(18-24)28-32-27(37-33-28)20-34-15-12-22(13-16-34)29(35)31-25-10-5-11-26(19-25)36-17-14-21-6-2-1-3-7-21/h1-11,18-19,22H,12-17,20H2,(H,31,35). The molecule has 0 saturated carbocycles. The van der Waals surface area contributed by atoms with E-state index in [9.17, 15) is 4.79 Å². The lowest BCUT2D eigenvalue weighted by Gasteiger charge is -2.30. The number of hydrogen-bond acceptors (Lipinski definition) is 6. The van der Waals surface area contributed by atoms with Gasteiger partial charge in [-0.2, -0.15) is 4.98 Å². The first-order chi connectivity index (χ1) is 18.1. The van der Waals surface area contributed by atoms with Crippen LogP contribution in [0.2, 0.25) is 0 Å². The number of aromatic nitrogens is 2. The van der Waals surface area contributed by atoms with Gasteiger partial charge in [-0.15, -0.1) is 0 Å². The number of nitrogens with zero attached hydrogens (tertiary/aromatic N) is 3. The summed E-state index contributed by atoms with van der Waals surface area (Å²) < 4.78 is 12.3. The second-order valence-electron chi connectivity index (χ2n) is 9.17. The minimum Gasteiger partial charge on any atom is -0.493 e. The minimum absolute atomic E-state index is 0.0289. The lowest BCUT2D eigenvalue weighted by Crippen LogP contribution is -2.37. The third-order valence-electron chi connectivity index (χ3n) is 6.47. The highest BCUT2D eigenvalue weighted by atomic mass is 79.9. The molecule has 0 radical (unpaired) electrons. The van der Waals surface area contributed by atoms with Crippen molar-refractivity contribution in [2.45, 2.75) is 25.8 Å². The summed E-state index contributed by atoms with van der Waals surface area (Å²) in [5, 5.41) is 7.18. The van der Waals surface area contributed by atoms with E-state index in [1.807, 2.05) is 66.7 Å². The van der Waals surface area contributed by atoms with Gasteiger partial charge in [0.05, 0.1) is 13.2 Å². The Kier molecular flexibility index (Phi) is 8.28. The number of amides is 1. The number of halogens is 1. The first kappa shape index (κ1) is 25.2. The van der Waals surface area contributed by atoms with E-state index < -0.39 is 0 Å². The monoisotopic (exact) mass is 560 g/mol. The zero-order valence-corrected chi connectivity index (χ0v) is 22.1. The van der Waals surface area contributed by atoms with E-state index in [2.05, 4.69) is 48.4 Å². The quantitative estimate of drug-likeness (QED) is 0.271. The third kappa shape index (κ3) is 7.05. The Morgan fingerprint density at radius 3 is 2.65 bits per heavy atom. The zero-order chi connectivity index (χ0) is 25.5. The molecule has 1 saturated heterocycles. The highest BCUT2D eigenvalue weighted by molar-refractivity contribution is 9.10. The molecule has 1 aliphatic rings. The molecule has 0 unspecified atom stereocenters. The Balaban J connectivity index is 1.07. The number of nitrogens with one attached hydrogen (secondary N) is 1. The smallest absolute Gasteiger partial charge is 0.241 e. The Morgan fingerprint density at radius 1 is 1.03 bits per heavy atom. The van der Waals surface area contributed by atoms with Gasteiger partial charge in [-0.3, -0.25) is 9.69 Å². The van der Waals surface area contributed by atoms with Crippen molar-refractivity contribution in [3.8, 4) is 17.1 Å². The molecule has 7 nitrogen and oxygen atoms in total. The highest BCUT2D eigenvalue weighted by Gasteiger charge is 2.26. The molecule has 8 heteroatoms. The van der Waals surface area contributed by atoms with Crippen LogP contribution in [0, 0.1) is 5.92 Å². The molecule has 1 amide bonds. The number of piperidine rings is 1. The fourth-order valence-electron chi connectivity index (χ4n) is 4.45. The molecule has 3 aromatic carbocycles. The van der Waals surface area contributed by atoms with E-state index in [4.69, 9.17) is 9.26 Å². The summed E-state index contributed by atoms with van der Waals surface area (Å²) >= 11 is 3.47. The lowest BCUT2D eigenvalue weighted by molar-refractivity contribution is -0.121. The van der Waals surface area contributed by atoms with E-state index in [0.29, 0.717) is 24.9 Å². The van der Waals surface area contributed by atoms with Gasteiger partial charge in [0.25, 0.3) is 0 Å². The summed E-state index contributed by atoms with van der Waals surface area (Å²) in [7, 11) is 0. The van der Waals surface area contributed by atoms with Crippen LogP contribution in [-0.4, -0.2) is 40.6 Å². The van der Waals surface area contributed by atoms with Crippen LogP contribution in [0.5, 0.6) is 5.75 Å². The van der Waals surface area contributed by atoms with Gasteiger partial charge in [0.1, 0.15) is 5.75 Å². The second kappa shape index (κ2) is 12.2. The minimum atomic E-state index is -0.0289. The third-order valence-corrected chi connectivity index (χ3v) is 6.97. The van der Waals surface area contributed by atoms with Crippen molar-refractivity contribution < 1.29 is 14.1 Å². The van der Waals surface area contributed by atoms with Gasteiger partial charge in [-0.25, -0.2) is 0 Å². The lowest BCUT2D eigenvalue weighted by atomic mass is 9.96. The van der Waals surface area contributed by atoms with Crippen molar-refractivity contribution in [3.63, 3.8) is 0 Å². The first-order valence-electron chi connectivity index (χ1n) is 12.5. The number of likely N-dealkylation sites (tertiary alicyclic amines) is 1. The maximum Gasteiger partial charge on any atom is 0.241 e. The van der Waals surface area contributed by atoms with Crippen molar-refractivity contribution in [2.75, 3.05) is 25.0 Å². The molecule has 1 aliphatic heterocycles. The van der Waals surface area contributed by atoms with Crippen LogP contribution in [0.25, 0.3) is 11.4 Å². The molecule has 0 bridgehead atoms. The SMILES string of the molecule is O=C(Nc1cccc(OCCc2ccccc2)c1)C1CCN(Cc2nc(-c3cccc(Br)c3)no2)CC1. The van der Waals surface area contributed by atoms with E-state index >= 15 is 0 Å². The Bertz CT molecular complexity index is 1320. The molecule has 4 aromatic rings. The molecule has 1 N–H and O–H groups in total. The summed E-state index contributed by atoms with van der Waals surface area (Å²) in [4.78, 5) is 19.7. The van der Waals surface area contributed by atoms with Crippen LogP contribution < -0.4 is 10.1 Å². The van der Waals surface area contributed by atoms with Crippen LogP contribution in [0.1, 0.15) is 24.3 Å². The number of ether oxygens (including phenoxy) is 1. The number of benzene rings is 3. The summed E-state index contributed by atoms with van der Waals surface area (Å²) in [6, 6.07) is 25.7. The molecule has 0 atom stereocenters. The number of rotatable bonds is 9. The predicted octanol–water partition coefficient (Wildman–Crippen LogP) is 5.97. The van der Waals surface area contributed by atoms with E-state index in [-0.39, 0.29) is 11.8 Å². The molecule has 1 fully saturated rings. The predicted molar refractivity (Wildman–Crippen MR) is 146 cm³/mol. The first-order valence-corrected chi connectivity index (χ1v) is 13.3. The Labute approximate surface area is 225 Å². The van der Waals surface area contributed by atoms with E-state index in [0.717, 1.165) is 53.8 Å². The average Bonchev–Trinajstić information content (AvgIpc) is 3.38. The van der Waals surface area contributed by atoms with E-state index in [1.165, 1.54) is 5.56 Å². The fourth-order valence-corrected chi connectivity index (χ4v) is 4.85. The summed E-state index contributed by atoms with van der Waals surface area (Å²) in [6.07, 6.45) is 2.41. The molecule has 0 spiro atoms. The van der Waals surface area contributed by atoms with Gasteiger partial charge >= 0.3 is 0 Å². The van der Waals surface area contributed by atoms with Gasteiger partial charge in [0, 0.05) is 34.1 Å². The normalized spacial score (nSPS) is 14.4. The van der Waals surface area contributed by atoms with Crippen molar-refractivity contribution >= 4 is 27.5 Å². The summed E-state index contributed by atoms with van der Waals surface area (Å²) in [6.45, 7) is 2.77. The molecule has 190 valence electrons. The van der Waals surface area contributed by atoms with Crippen LogP contribution in [-0.2, 0) is 17.8 Å². The molecule has 0 aliphatic carbocycles. The Morgan fingerprint density at radius 2 is 1.84 bits per heavy atom. The number of hydrogen-bond donors (Lipinski definition) is 1. The maximum atomic E-state index is 12.9. The second-order valence-corrected chi connectivity index (χ2v) is 10.1. The van der Waals surface area contributed by atoms with Crippen molar-refractivity contribution in [1.82, 2.24) is 15.0 Å². The number of carbonyl (C=O) groups is 1.